The summed E-state index contributed by atoms with van der Waals surface area (Å²) in [7, 11) is 1.54. The van der Waals surface area contributed by atoms with Crippen LogP contribution in [0.2, 0.25) is 0 Å². The number of benzene rings is 2. The maximum Gasteiger partial charge on any atom is 0.413 e. The minimum Gasteiger partial charge on any atom is -0.444 e. The van der Waals surface area contributed by atoms with Gasteiger partial charge in [0.1, 0.15) is 36.5 Å². The van der Waals surface area contributed by atoms with Crippen molar-refractivity contribution in [3.8, 4) is 0 Å². The molecule has 0 aliphatic heterocycles. The number of urea groups is 1. The van der Waals surface area contributed by atoms with E-state index in [2.05, 4.69) is 36.6 Å². The molecule has 0 bridgehead atoms. The highest BCUT2D eigenvalue weighted by atomic mass is 32.1. The van der Waals surface area contributed by atoms with Gasteiger partial charge in [-0.25, -0.2) is 19.4 Å². The first kappa shape index (κ1) is 50.5. The second kappa shape index (κ2) is 24.1. The Hall–Kier alpha value is -6.11. The lowest BCUT2D eigenvalue weighted by molar-refractivity contribution is -0.129. The fraction of sp³-hybridized carbons (Fsp3) is 0.457. The fourth-order valence-corrected chi connectivity index (χ4v) is 7.21. The number of amides is 6. The number of hydrogen-bond donors (Lipinski definition) is 7. The van der Waals surface area contributed by atoms with Crippen LogP contribution in [0.3, 0.4) is 0 Å². The first-order valence-corrected chi connectivity index (χ1v) is 22.0. The van der Waals surface area contributed by atoms with Crippen molar-refractivity contribution < 1.29 is 43.7 Å². The molecule has 0 spiro atoms. The Morgan fingerprint density at radius 2 is 1.22 bits per heavy atom. The molecular weight excluding hydrogens is 841 g/mol. The molecule has 6 amide bonds. The molecule has 2 aromatic heterocycles. The van der Waals surface area contributed by atoms with E-state index >= 15 is 0 Å². The zero-order chi connectivity index (χ0) is 47.0. The van der Waals surface area contributed by atoms with Gasteiger partial charge in [0.05, 0.1) is 30.0 Å². The number of hydrogen-bond acceptors (Lipinski definition) is 12. The number of aromatic nitrogens is 2. The summed E-state index contributed by atoms with van der Waals surface area (Å²) in [4.78, 5) is 76.6. The Kier molecular flexibility index (Phi) is 19.0. The molecule has 0 aliphatic rings. The second-order valence-electron chi connectivity index (χ2n) is 17.2. The molecule has 2 aromatic carbocycles. The minimum absolute atomic E-state index is 0.0559. The molecule has 0 unspecified atom stereocenters. The van der Waals surface area contributed by atoms with Gasteiger partial charge < -0.3 is 45.9 Å². The van der Waals surface area contributed by atoms with Crippen LogP contribution < -0.4 is 26.6 Å². The van der Waals surface area contributed by atoms with Crippen LogP contribution in [0.5, 0.6) is 0 Å². The van der Waals surface area contributed by atoms with E-state index in [9.17, 15) is 34.2 Å². The quantitative estimate of drug-likeness (QED) is 0.0611. The molecular formula is C46H62N8O9S. The van der Waals surface area contributed by atoms with E-state index in [-0.39, 0.29) is 26.0 Å². The number of alkyl carbamates (subject to hydrolysis) is 1. The van der Waals surface area contributed by atoms with Crippen LogP contribution in [0.15, 0.2) is 90.4 Å². The highest BCUT2D eigenvalue weighted by Crippen LogP contribution is 2.20. The van der Waals surface area contributed by atoms with Gasteiger partial charge in [-0.15, -0.1) is 11.3 Å². The number of thiazole rings is 1. The lowest BCUT2D eigenvalue weighted by Crippen LogP contribution is -2.62. The predicted molar refractivity (Wildman–Crippen MR) is 243 cm³/mol. The van der Waals surface area contributed by atoms with Gasteiger partial charge in [0.2, 0.25) is 11.8 Å². The average Bonchev–Trinajstić information content (AvgIpc) is 3.68. The second-order valence-corrected chi connectivity index (χ2v) is 18.0. The van der Waals surface area contributed by atoms with E-state index in [0.29, 0.717) is 16.5 Å². The van der Waals surface area contributed by atoms with Crippen LogP contribution in [0, 0.1) is 11.8 Å². The van der Waals surface area contributed by atoms with Gasteiger partial charge in [0.25, 0.3) is 0 Å². The van der Waals surface area contributed by atoms with Crippen molar-refractivity contribution in [2.75, 3.05) is 12.4 Å². The summed E-state index contributed by atoms with van der Waals surface area (Å²) in [6, 6.07) is 18.4. The zero-order valence-corrected chi connectivity index (χ0v) is 38.4. The van der Waals surface area contributed by atoms with Crippen molar-refractivity contribution in [1.82, 2.24) is 36.1 Å². The molecule has 6 atom stereocenters. The summed E-state index contributed by atoms with van der Waals surface area (Å²) in [6.07, 6.45) is -3.05. The number of anilines is 1. The van der Waals surface area contributed by atoms with Gasteiger partial charge in [-0.2, -0.15) is 0 Å². The van der Waals surface area contributed by atoms with Gasteiger partial charge in [0, 0.05) is 18.6 Å². The number of carbonyl (C=O) groups excluding carboxylic acids is 5. The molecule has 0 saturated heterocycles. The molecule has 17 nitrogen and oxygen atoms in total. The predicted octanol–water partition coefficient (Wildman–Crippen LogP) is 5.18. The smallest absolute Gasteiger partial charge is 0.413 e. The summed E-state index contributed by atoms with van der Waals surface area (Å²) in [5, 5.41) is 39.8. The fourth-order valence-electron chi connectivity index (χ4n) is 6.52. The van der Waals surface area contributed by atoms with Crippen molar-refractivity contribution in [2.45, 2.75) is 116 Å². The molecule has 4 aromatic rings. The van der Waals surface area contributed by atoms with E-state index in [1.54, 1.807) is 90.4 Å². The van der Waals surface area contributed by atoms with Crippen LogP contribution in [-0.2, 0) is 45.1 Å². The van der Waals surface area contributed by atoms with Crippen molar-refractivity contribution in [3.63, 3.8) is 0 Å². The third kappa shape index (κ3) is 16.5. The lowest BCUT2D eigenvalue weighted by Gasteiger charge is -2.35. The molecule has 0 radical (unpaired) electrons. The summed E-state index contributed by atoms with van der Waals surface area (Å²) >= 11 is 1.17. The van der Waals surface area contributed by atoms with Crippen molar-refractivity contribution >= 4 is 46.5 Å². The Labute approximate surface area is 378 Å². The average molecular weight is 903 g/mol. The molecule has 0 fully saturated rings. The van der Waals surface area contributed by atoms with Gasteiger partial charge in [0.15, 0.2) is 5.13 Å². The summed E-state index contributed by atoms with van der Waals surface area (Å²) in [6.45, 7) is 12.2. The number of nitrogens with zero attached hydrogens (tertiary/aromatic N) is 3. The summed E-state index contributed by atoms with van der Waals surface area (Å²) in [5.41, 5.74) is 1.80. The van der Waals surface area contributed by atoms with Crippen molar-refractivity contribution in [2.24, 2.45) is 11.8 Å². The van der Waals surface area contributed by atoms with Gasteiger partial charge in [-0.05, 0) is 68.7 Å². The number of pyridine rings is 1. The monoisotopic (exact) mass is 902 g/mol. The van der Waals surface area contributed by atoms with E-state index < -0.39 is 83.8 Å². The molecule has 4 rings (SSSR count). The Morgan fingerprint density at radius 1 is 0.703 bits per heavy atom. The molecule has 18 heteroatoms. The molecule has 7 N–H and O–H groups in total. The third-order valence-corrected chi connectivity index (χ3v) is 10.7. The van der Waals surface area contributed by atoms with E-state index in [0.717, 1.165) is 11.1 Å². The maximum absolute atomic E-state index is 14.2. The molecule has 64 heavy (non-hydrogen) atoms. The van der Waals surface area contributed by atoms with E-state index in [1.807, 2.05) is 48.5 Å². The Bertz CT molecular complexity index is 2100. The Morgan fingerprint density at radius 3 is 1.70 bits per heavy atom. The lowest BCUT2D eigenvalue weighted by atomic mass is 9.90. The molecule has 0 saturated carbocycles. The van der Waals surface area contributed by atoms with Gasteiger partial charge in [-0.1, -0.05) is 94.4 Å². The van der Waals surface area contributed by atoms with Crippen LogP contribution in [0.25, 0.3) is 0 Å². The number of aliphatic hydroxyl groups is 2. The number of aliphatic hydroxyl groups excluding tert-OH is 2. The zero-order valence-electron chi connectivity index (χ0n) is 37.6. The van der Waals surface area contributed by atoms with Gasteiger partial charge >= 0.3 is 18.2 Å². The first-order chi connectivity index (χ1) is 30.3. The van der Waals surface area contributed by atoms with Crippen LogP contribution in [0.1, 0.15) is 71.0 Å². The largest absolute Gasteiger partial charge is 0.444 e. The van der Waals surface area contributed by atoms with Crippen LogP contribution >= 0.6 is 11.3 Å². The third-order valence-electron chi connectivity index (χ3n) is 9.86. The summed E-state index contributed by atoms with van der Waals surface area (Å²) < 4.78 is 10.6. The number of carbonyl (C=O) groups is 5. The molecule has 2 heterocycles. The maximum atomic E-state index is 14.2. The van der Waals surface area contributed by atoms with E-state index in [4.69, 9.17) is 9.47 Å². The number of rotatable bonds is 20. The highest BCUT2D eigenvalue weighted by molar-refractivity contribution is 7.13. The Balaban J connectivity index is 1.51. The van der Waals surface area contributed by atoms with Crippen molar-refractivity contribution in [3.05, 3.63) is 113 Å². The number of nitrogens with one attached hydrogen (secondary N) is 5. The SMILES string of the molecule is CC(C)[C@H](NC(=O)OCc1ccccn1)C(=O)N[C@@H](Cc1ccccc1)[C@H](O)[C@@H](O)[C@H](Cc1ccccc1)NC(=O)[C@@H](NC(=O)N(C)Cc1csc(NC(=O)OC(C)(C)C)n1)C(C)C. The number of ether oxygens (including phenoxy) is 2. The summed E-state index contributed by atoms with van der Waals surface area (Å²) in [5.74, 6) is -2.06. The highest BCUT2D eigenvalue weighted by Gasteiger charge is 2.38. The van der Waals surface area contributed by atoms with Gasteiger partial charge in [-0.3, -0.25) is 19.9 Å². The van der Waals surface area contributed by atoms with Crippen LogP contribution in [-0.4, -0.2) is 104 Å². The standard InChI is InChI=1S/C46H62N8O9S/c1-28(2)36(51-43(59)54(8)25-33-27-64-42(48-33)53-45(61)63-46(5,6)7)40(57)49-34(23-30-17-11-9-12-18-30)38(55)39(56)35(24-31-19-13-10-14-20-31)50-41(58)37(29(3)4)52-44(60)62-26-32-21-15-16-22-47-32/h9-22,27-29,34-39,55-56H,23-26H2,1-8H3,(H,49,57)(H,50,58)(H,51,59)(H,52,60)(H,48,53,61)/t34-,35-,36-,37-,38-,39-/m0/s1. The van der Waals surface area contributed by atoms with E-state index in [1.165, 1.54) is 23.3 Å². The normalized spacial score (nSPS) is 14.2. The topological polar surface area (TPSA) is 233 Å². The molecule has 0 aliphatic carbocycles. The molecule has 346 valence electrons. The minimum atomic E-state index is -1.65. The van der Waals surface area contributed by atoms with Crippen LogP contribution in [0.4, 0.5) is 19.5 Å². The first-order valence-electron chi connectivity index (χ1n) is 21.1. The van der Waals surface area contributed by atoms with Crippen molar-refractivity contribution in [1.29, 1.82) is 0 Å².